The van der Waals surface area contributed by atoms with Crippen molar-refractivity contribution in [1.29, 1.82) is 0 Å². The van der Waals surface area contributed by atoms with E-state index in [1.54, 1.807) is 5.16 Å². The van der Waals surface area contributed by atoms with E-state index >= 15 is 0 Å². The van der Waals surface area contributed by atoms with Crippen LogP contribution in [0.4, 0.5) is 0 Å². The maximum Gasteiger partial charge on any atom is 1.00 e. The van der Waals surface area contributed by atoms with Crippen molar-refractivity contribution in [2.75, 3.05) is 0 Å². The fraction of sp³-hybridized carbons (Fsp3) is 0.455. The van der Waals surface area contributed by atoms with Crippen LogP contribution < -0.4 is 0 Å². The predicted octanol–water partition coefficient (Wildman–Crippen LogP) is 6.53. The zero-order chi connectivity index (χ0) is 20.7. The minimum atomic E-state index is -1.25. The number of hydrogen-bond acceptors (Lipinski definition) is 2. The Morgan fingerprint density at radius 2 is 1.17 bits per heavy atom. The maximum atomic E-state index is 4.54. The third-order valence-corrected chi connectivity index (χ3v) is 13.4. The van der Waals surface area contributed by atoms with Crippen LogP contribution in [0.3, 0.4) is 0 Å². The molecular weight excluding hydrogens is 504 g/mol. The fourth-order valence-electron chi connectivity index (χ4n) is 3.64. The first kappa shape index (κ1) is 30.9. The van der Waals surface area contributed by atoms with E-state index in [1.165, 1.54) is 17.7 Å². The first-order chi connectivity index (χ1) is 12.4. The molecule has 0 aliphatic heterocycles. The summed E-state index contributed by atoms with van der Waals surface area (Å²) in [4.78, 5) is 8.86. The van der Waals surface area contributed by atoms with E-state index in [2.05, 4.69) is 87.5 Å². The van der Waals surface area contributed by atoms with Crippen LogP contribution in [-0.2, 0) is 34.1 Å². The van der Waals surface area contributed by atoms with Gasteiger partial charge in [0.2, 0.25) is 0 Å². The monoisotopic (exact) mass is 539 g/mol. The molecule has 0 unspecified atom stereocenters. The number of hydrogen-bond donors (Lipinski definition) is 0. The van der Waals surface area contributed by atoms with Crippen LogP contribution in [0, 0.1) is 11.1 Å². The van der Waals surface area contributed by atoms with Gasteiger partial charge in [-0.1, -0.05) is 70.2 Å². The number of nitrogens with zero attached hydrogens (tertiary/aromatic N) is 2. The van der Waals surface area contributed by atoms with Gasteiger partial charge in [-0.3, -0.25) is 9.97 Å². The summed E-state index contributed by atoms with van der Waals surface area (Å²) in [5.41, 5.74) is 2.40. The molecule has 2 nitrogen and oxygen atoms in total. The normalized spacial score (nSPS) is 10.8. The molecule has 0 N–H and O–H groups in total. The van der Waals surface area contributed by atoms with Gasteiger partial charge >= 0.3 is 34.1 Å². The van der Waals surface area contributed by atoms with Crippen LogP contribution in [0.5, 0.6) is 0 Å². The van der Waals surface area contributed by atoms with Crippen LogP contribution in [0.25, 0.3) is 0 Å². The molecule has 0 saturated heterocycles. The molecule has 0 fully saturated rings. The molecular formula is C22H37Cu2N2Si3. The quantitative estimate of drug-likeness (QED) is 0.307. The molecule has 2 heterocycles. The molecule has 0 atom stereocenters. The van der Waals surface area contributed by atoms with Crippen molar-refractivity contribution < 1.29 is 34.1 Å². The Labute approximate surface area is 204 Å². The van der Waals surface area contributed by atoms with Gasteiger partial charge in [-0.15, -0.1) is 30.8 Å². The summed E-state index contributed by atoms with van der Waals surface area (Å²) in [7, 11) is -2.65. The Morgan fingerprint density at radius 1 is 0.759 bits per heavy atom. The molecule has 0 bridgehead atoms. The van der Waals surface area contributed by atoms with Gasteiger partial charge in [0.15, 0.2) is 0 Å². The largest absolute Gasteiger partial charge is 1.00 e. The molecule has 2 aromatic heterocycles. The van der Waals surface area contributed by atoms with Crippen LogP contribution in [0.2, 0.25) is 58.4 Å². The van der Waals surface area contributed by atoms with E-state index in [4.69, 9.17) is 0 Å². The molecule has 2 aromatic rings. The summed E-state index contributed by atoms with van der Waals surface area (Å²) < 4.78 is 0. The first-order valence-corrected chi connectivity index (χ1v) is 19.5. The summed E-state index contributed by atoms with van der Waals surface area (Å²) in [5.74, 6) is 1.43. The molecule has 169 valence electrons. The minimum Gasteiger partial charge on any atom is -0.296 e. The molecule has 0 aliphatic rings. The smallest absolute Gasteiger partial charge is 0.296 e. The predicted molar refractivity (Wildman–Crippen MR) is 128 cm³/mol. The second-order valence-electron chi connectivity index (χ2n) is 9.47. The number of aromatic nitrogens is 2. The topological polar surface area (TPSA) is 25.8 Å². The number of rotatable bonds is 6. The Morgan fingerprint density at radius 3 is 1.48 bits per heavy atom. The van der Waals surface area contributed by atoms with E-state index < -0.39 is 16.1 Å². The van der Waals surface area contributed by atoms with Gasteiger partial charge in [-0.25, -0.2) is 0 Å². The van der Waals surface area contributed by atoms with Crippen molar-refractivity contribution in [3.8, 4) is 0 Å². The molecule has 0 aromatic carbocycles. The van der Waals surface area contributed by atoms with Crippen LogP contribution >= 0.6 is 0 Å². The van der Waals surface area contributed by atoms with Crippen molar-refractivity contribution in [2.45, 2.75) is 65.3 Å². The van der Waals surface area contributed by atoms with Crippen molar-refractivity contribution >= 4 is 24.9 Å². The van der Waals surface area contributed by atoms with Crippen LogP contribution in [-0.4, -0.2) is 34.9 Å². The van der Waals surface area contributed by atoms with E-state index in [1.807, 2.05) is 30.6 Å². The van der Waals surface area contributed by atoms with E-state index in [-0.39, 0.29) is 42.9 Å². The molecule has 0 spiro atoms. The third kappa shape index (κ3) is 11.6. The molecule has 0 saturated carbocycles. The van der Waals surface area contributed by atoms with Crippen molar-refractivity contribution in [3.05, 3.63) is 71.3 Å². The minimum absolute atomic E-state index is 0. The number of pyridine rings is 2. The van der Waals surface area contributed by atoms with Gasteiger partial charge in [0.05, 0.1) is 0 Å². The second kappa shape index (κ2) is 13.9. The van der Waals surface area contributed by atoms with Gasteiger partial charge in [-0.05, 0) is 16.1 Å². The third-order valence-electron chi connectivity index (χ3n) is 4.14. The zero-order valence-electron chi connectivity index (χ0n) is 19.3. The Bertz CT molecular complexity index is 643. The second-order valence-corrected chi connectivity index (χ2v) is 22.7. The molecule has 7 heteroatoms. The molecule has 1 radical (unpaired) electrons. The van der Waals surface area contributed by atoms with Crippen molar-refractivity contribution in [2.24, 2.45) is 0 Å². The summed E-state index contributed by atoms with van der Waals surface area (Å²) in [6, 6.07) is 13.6. The van der Waals surface area contributed by atoms with E-state index in [9.17, 15) is 0 Å². The summed E-state index contributed by atoms with van der Waals surface area (Å²) in [6.45, 7) is 21.4. The average Bonchev–Trinajstić information content (AvgIpc) is 2.54. The SMILES string of the molecule is C[C-](C[Si](C)C)c1ccccn1.C[Si](C)(C)[C-](c1ccccn1)[Si](C)(C)C.[Cu+].[Cu+]. The molecule has 0 aliphatic carbocycles. The average molecular weight is 541 g/mol. The van der Waals surface area contributed by atoms with E-state index in [0.717, 1.165) is 5.69 Å². The molecule has 29 heavy (non-hydrogen) atoms. The fourth-order valence-corrected chi connectivity index (χ4v) is 15.7. The Balaban J connectivity index is 0. The van der Waals surface area contributed by atoms with Crippen LogP contribution in [0.15, 0.2) is 48.8 Å². The van der Waals surface area contributed by atoms with Crippen molar-refractivity contribution in [3.63, 3.8) is 0 Å². The summed E-state index contributed by atoms with van der Waals surface area (Å²) in [5, 5.41) is 1.69. The van der Waals surface area contributed by atoms with Gasteiger partial charge in [-0.2, -0.15) is 23.2 Å². The van der Waals surface area contributed by atoms with Crippen molar-refractivity contribution in [1.82, 2.24) is 9.97 Å². The first-order valence-electron chi connectivity index (χ1n) is 9.75. The van der Waals surface area contributed by atoms with Gasteiger partial charge in [0, 0.05) is 21.2 Å². The van der Waals surface area contributed by atoms with Gasteiger partial charge in [0.1, 0.15) is 0 Å². The molecule has 0 amide bonds. The summed E-state index contributed by atoms with van der Waals surface area (Å²) in [6.07, 6.45) is 3.77. The van der Waals surface area contributed by atoms with E-state index in [0.29, 0.717) is 0 Å². The Hall–Kier alpha value is -0.270. The zero-order valence-corrected chi connectivity index (χ0v) is 24.2. The Kier molecular flexibility index (Phi) is 14.8. The van der Waals surface area contributed by atoms with Gasteiger partial charge in [0.25, 0.3) is 0 Å². The summed E-state index contributed by atoms with van der Waals surface area (Å²) >= 11 is 0. The standard InChI is InChI=1S/C12H22NSi2.C10H15NSi.2Cu/c1-14(2,3)12(15(4,5)6)11-9-7-8-10-13-11;1-9(8-12(2)3)10-6-4-5-7-11-10;;/h7-10H,1-6H3;4-7H,8H2,1-3H3;;/q2*-1;2*+1. The molecule has 2 rings (SSSR count). The maximum absolute atomic E-state index is 4.54. The van der Waals surface area contributed by atoms with Crippen LogP contribution in [0.1, 0.15) is 18.3 Å². The van der Waals surface area contributed by atoms with Gasteiger partial charge < -0.3 is 0 Å².